The van der Waals surface area contributed by atoms with Gasteiger partial charge in [-0.25, -0.2) is 13.1 Å². The summed E-state index contributed by atoms with van der Waals surface area (Å²) in [5, 5.41) is 14.1. The van der Waals surface area contributed by atoms with Crippen molar-refractivity contribution in [2.45, 2.75) is 11.3 Å². The lowest BCUT2D eigenvalue weighted by molar-refractivity contribution is -0.387. The first-order chi connectivity index (χ1) is 9.90. The van der Waals surface area contributed by atoms with Crippen molar-refractivity contribution in [1.29, 1.82) is 0 Å². The Morgan fingerprint density at radius 3 is 2.73 bits per heavy atom. The Labute approximate surface area is 142 Å². The molecule has 1 aliphatic rings. The molecule has 0 saturated carbocycles. The molecule has 0 amide bonds. The maximum absolute atomic E-state index is 12.2. The highest BCUT2D eigenvalue weighted by atomic mass is 79.9. The van der Waals surface area contributed by atoms with Crippen LogP contribution >= 0.6 is 28.3 Å². The van der Waals surface area contributed by atoms with Crippen molar-refractivity contribution < 1.29 is 13.3 Å². The fourth-order valence-electron chi connectivity index (χ4n) is 1.96. The van der Waals surface area contributed by atoms with Crippen molar-refractivity contribution >= 4 is 44.0 Å². The number of nitro benzene ring substituents is 1. The number of nitro groups is 1. The van der Waals surface area contributed by atoms with Crippen LogP contribution in [-0.2, 0) is 10.0 Å². The highest BCUT2D eigenvalue weighted by Crippen LogP contribution is 2.27. The molecule has 2 rings (SSSR count). The summed E-state index contributed by atoms with van der Waals surface area (Å²) in [6.07, 6.45) is 2.67. The van der Waals surface area contributed by atoms with E-state index >= 15 is 0 Å². The second-order valence-corrected chi connectivity index (χ2v) is 7.16. The first-order valence-corrected chi connectivity index (χ1v) is 8.50. The topological polar surface area (TPSA) is 101 Å². The van der Waals surface area contributed by atoms with Crippen LogP contribution in [0.5, 0.6) is 0 Å². The predicted octanol–water partition coefficient (Wildman–Crippen LogP) is 1.98. The van der Waals surface area contributed by atoms with Crippen LogP contribution in [0, 0.1) is 10.1 Å². The molecule has 1 heterocycles. The molecule has 0 unspecified atom stereocenters. The third kappa shape index (κ3) is 4.75. The van der Waals surface area contributed by atoms with Crippen LogP contribution in [0.1, 0.15) is 6.42 Å². The molecule has 0 spiro atoms. The zero-order chi connectivity index (χ0) is 15.5. The zero-order valence-corrected chi connectivity index (χ0v) is 14.6. The second kappa shape index (κ2) is 8.02. The number of hydrogen-bond acceptors (Lipinski definition) is 5. The van der Waals surface area contributed by atoms with E-state index in [1.807, 2.05) is 6.08 Å². The predicted molar refractivity (Wildman–Crippen MR) is 88.8 cm³/mol. The smallest absolute Gasteiger partial charge is 0.290 e. The molecule has 0 bridgehead atoms. The largest absolute Gasteiger partial charge is 0.313 e. The molecular weight excluding hydrogens is 398 g/mol. The van der Waals surface area contributed by atoms with Crippen LogP contribution < -0.4 is 10.0 Å². The summed E-state index contributed by atoms with van der Waals surface area (Å²) in [6, 6.07) is 3.87. The van der Waals surface area contributed by atoms with Gasteiger partial charge in [0.15, 0.2) is 4.90 Å². The number of benzene rings is 1. The van der Waals surface area contributed by atoms with Gasteiger partial charge in [-0.3, -0.25) is 10.1 Å². The number of nitrogens with one attached hydrogen (secondary N) is 2. The molecule has 7 nitrogen and oxygen atoms in total. The van der Waals surface area contributed by atoms with Crippen molar-refractivity contribution in [3.8, 4) is 0 Å². The maximum Gasteiger partial charge on any atom is 0.290 e. The summed E-state index contributed by atoms with van der Waals surface area (Å²) in [7, 11) is -3.93. The number of halogens is 2. The van der Waals surface area contributed by atoms with Crippen LogP contribution in [0.4, 0.5) is 5.69 Å². The molecule has 0 saturated heterocycles. The van der Waals surface area contributed by atoms with E-state index in [1.54, 1.807) is 0 Å². The van der Waals surface area contributed by atoms with E-state index in [0.717, 1.165) is 18.5 Å². The molecule has 2 N–H and O–H groups in total. The van der Waals surface area contributed by atoms with Gasteiger partial charge in [0.25, 0.3) is 5.69 Å². The SMILES string of the molecule is Cl.O=[N+]([O-])c1cc(Br)ccc1S(=O)(=O)NCC1=CCNCC1. The van der Waals surface area contributed by atoms with Crippen LogP contribution in [-0.4, -0.2) is 33.0 Å². The summed E-state index contributed by atoms with van der Waals surface area (Å²) in [5.41, 5.74) is 0.522. The van der Waals surface area contributed by atoms with Crippen molar-refractivity contribution in [3.05, 3.63) is 44.4 Å². The van der Waals surface area contributed by atoms with Gasteiger partial charge in [-0.2, -0.15) is 0 Å². The summed E-state index contributed by atoms with van der Waals surface area (Å²) in [5.74, 6) is 0. The highest BCUT2D eigenvalue weighted by molar-refractivity contribution is 9.10. The van der Waals surface area contributed by atoms with Crippen LogP contribution in [0.25, 0.3) is 0 Å². The standard InChI is InChI=1S/C12H14BrN3O4S.ClH/c13-10-1-2-12(11(7-10)16(17)18)21(19,20)15-8-9-3-5-14-6-4-9;/h1-3,7,14-15H,4-6,8H2;1H. The van der Waals surface area contributed by atoms with Crippen LogP contribution in [0.2, 0.25) is 0 Å². The average Bonchev–Trinajstić information content (AvgIpc) is 2.46. The fourth-order valence-corrected chi connectivity index (χ4v) is 3.49. The molecule has 0 fully saturated rings. The van der Waals surface area contributed by atoms with Gasteiger partial charge in [-0.1, -0.05) is 27.6 Å². The van der Waals surface area contributed by atoms with Gasteiger partial charge in [0, 0.05) is 23.6 Å². The molecule has 0 aromatic heterocycles. The average molecular weight is 413 g/mol. The Morgan fingerprint density at radius 1 is 1.41 bits per heavy atom. The fraction of sp³-hybridized carbons (Fsp3) is 0.333. The van der Waals surface area contributed by atoms with Gasteiger partial charge < -0.3 is 5.32 Å². The van der Waals surface area contributed by atoms with Gasteiger partial charge in [0.2, 0.25) is 10.0 Å². The van der Waals surface area contributed by atoms with E-state index < -0.39 is 20.6 Å². The van der Waals surface area contributed by atoms with Gasteiger partial charge in [0.1, 0.15) is 0 Å². The zero-order valence-electron chi connectivity index (χ0n) is 11.4. The molecule has 0 radical (unpaired) electrons. The first-order valence-electron chi connectivity index (χ1n) is 6.22. The monoisotopic (exact) mass is 411 g/mol. The summed E-state index contributed by atoms with van der Waals surface area (Å²) in [4.78, 5) is 9.97. The van der Waals surface area contributed by atoms with Gasteiger partial charge in [0.05, 0.1) is 4.92 Å². The van der Waals surface area contributed by atoms with Crippen molar-refractivity contribution in [1.82, 2.24) is 10.0 Å². The van der Waals surface area contributed by atoms with Gasteiger partial charge in [-0.15, -0.1) is 12.4 Å². The number of sulfonamides is 1. The minimum Gasteiger partial charge on any atom is -0.313 e. The third-order valence-corrected chi connectivity index (χ3v) is 5.00. The lowest BCUT2D eigenvalue weighted by atomic mass is 10.1. The Morgan fingerprint density at radius 2 is 2.14 bits per heavy atom. The summed E-state index contributed by atoms with van der Waals surface area (Å²) in [6.45, 7) is 1.67. The number of hydrogen-bond donors (Lipinski definition) is 2. The van der Waals surface area contributed by atoms with E-state index in [2.05, 4.69) is 26.0 Å². The normalized spacial score (nSPS) is 14.9. The van der Waals surface area contributed by atoms with E-state index in [9.17, 15) is 18.5 Å². The first kappa shape index (κ1) is 19.0. The second-order valence-electron chi connectivity index (χ2n) is 4.51. The van der Waals surface area contributed by atoms with Crippen molar-refractivity contribution in [2.75, 3.05) is 19.6 Å². The van der Waals surface area contributed by atoms with Crippen molar-refractivity contribution in [2.24, 2.45) is 0 Å². The number of nitrogens with zero attached hydrogens (tertiary/aromatic N) is 1. The molecule has 10 heteroatoms. The van der Waals surface area contributed by atoms with E-state index in [1.165, 1.54) is 18.2 Å². The number of rotatable bonds is 5. The molecular formula is C12H15BrClN3O4S. The Balaban J connectivity index is 0.00000242. The van der Waals surface area contributed by atoms with E-state index in [0.29, 0.717) is 11.0 Å². The molecule has 1 aromatic rings. The highest BCUT2D eigenvalue weighted by Gasteiger charge is 2.25. The quantitative estimate of drug-likeness (QED) is 0.437. The van der Waals surface area contributed by atoms with Crippen molar-refractivity contribution in [3.63, 3.8) is 0 Å². The molecule has 122 valence electrons. The molecule has 0 aliphatic carbocycles. The lowest BCUT2D eigenvalue weighted by Crippen LogP contribution is -2.30. The van der Waals surface area contributed by atoms with Gasteiger partial charge >= 0.3 is 0 Å². The third-order valence-electron chi connectivity index (χ3n) is 3.05. The van der Waals surface area contributed by atoms with Crippen LogP contribution in [0.3, 0.4) is 0 Å². The molecule has 22 heavy (non-hydrogen) atoms. The van der Waals surface area contributed by atoms with E-state index in [4.69, 9.17) is 0 Å². The Hall–Kier alpha value is -1.00. The van der Waals surface area contributed by atoms with Gasteiger partial charge in [-0.05, 0) is 25.1 Å². The Kier molecular flexibility index (Phi) is 6.95. The summed E-state index contributed by atoms with van der Waals surface area (Å²) >= 11 is 3.10. The minimum atomic E-state index is -3.93. The summed E-state index contributed by atoms with van der Waals surface area (Å²) < 4.78 is 27.3. The Bertz CT molecular complexity index is 694. The van der Waals surface area contributed by atoms with E-state index in [-0.39, 0.29) is 23.8 Å². The molecule has 1 aromatic carbocycles. The molecule has 0 atom stereocenters. The van der Waals surface area contributed by atoms with Crippen LogP contribution in [0.15, 0.2) is 39.2 Å². The molecule has 1 aliphatic heterocycles. The maximum atomic E-state index is 12.2. The lowest BCUT2D eigenvalue weighted by Gasteiger charge is -2.14. The minimum absolute atomic E-state index is 0.